The van der Waals surface area contributed by atoms with Crippen molar-refractivity contribution in [2.75, 3.05) is 0 Å². The summed E-state index contributed by atoms with van der Waals surface area (Å²) in [5.41, 5.74) is 10.1. The van der Waals surface area contributed by atoms with E-state index < -0.39 is 11.6 Å². The molecule has 7 aromatic carbocycles. The van der Waals surface area contributed by atoms with Crippen LogP contribution in [-0.2, 0) is 0 Å². The van der Waals surface area contributed by atoms with Gasteiger partial charge in [-0.25, -0.2) is 18.7 Å². The summed E-state index contributed by atoms with van der Waals surface area (Å²) in [6, 6.07) is 55.7. The van der Waals surface area contributed by atoms with E-state index in [9.17, 15) is 8.78 Å². The average molecular weight is 675 g/mol. The molecule has 10 aromatic rings. The normalized spacial score (nSPS) is 11.7. The van der Waals surface area contributed by atoms with Crippen LogP contribution in [0.2, 0.25) is 0 Å². The van der Waals surface area contributed by atoms with Gasteiger partial charge in [-0.1, -0.05) is 109 Å². The lowest BCUT2D eigenvalue weighted by molar-refractivity contribution is 0.508. The second-order valence-corrected chi connectivity index (χ2v) is 12.9. The molecule has 0 aliphatic heterocycles. The minimum atomic E-state index is -0.880. The summed E-state index contributed by atoms with van der Waals surface area (Å²) in [6.07, 6.45) is 0. The molecule has 0 aliphatic carbocycles. The fourth-order valence-corrected chi connectivity index (χ4v) is 7.46. The molecule has 246 valence electrons. The molecule has 0 spiro atoms. The predicted octanol–water partition coefficient (Wildman–Crippen LogP) is 11.9. The van der Waals surface area contributed by atoms with Crippen LogP contribution < -0.4 is 0 Å². The van der Waals surface area contributed by atoms with E-state index in [0.717, 1.165) is 77.4 Å². The Labute approximate surface area is 297 Å². The van der Waals surface area contributed by atoms with Crippen molar-refractivity contribution in [2.24, 2.45) is 0 Å². The Kier molecular flexibility index (Phi) is 6.83. The van der Waals surface area contributed by atoms with Crippen LogP contribution in [0.15, 0.2) is 170 Å². The summed E-state index contributed by atoms with van der Waals surface area (Å²) in [4.78, 5) is 9.97. The lowest BCUT2D eigenvalue weighted by Gasteiger charge is -2.12. The molecular formula is C46H28F2N4. The highest BCUT2D eigenvalue weighted by atomic mass is 19.2. The lowest BCUT2D eigenvalue weighted by Crippen LogP contribution is -1.98. The van der Waals surface area contributed by atoms with Crippen molar-refractivity contribution in [1.82, 2.24) is 19.1 Å². The maximum absolute atomic E-state index is 14.6. The summed E-state index contributed by atoms with van der Waals surface area (Å²) in [7, 11) is 0. The lowest BCUT2D eigenvalue weighted by atomic mass is 10.1. The van der Waals surface area contributed by atoms with Gasteiger partial charge < -0.3 is 9.13 Å². The SMILES string of the molecule is Fc1ccc(-n2c3ccccc3c3cc4c5ccccc5n(-c5ccc(-c6cc(-c7ccccc7)nc(-c7ccccc7)n6)cc5)c4cc32)cc1F. The Morgan fingerprint density at radius 2 is 0.846 bits per heavy atom. The average Bonchev–Trinajstić information content (AvgIpc) is 3.70. The monoisotopic (exact) mass is 674 g/mol. The Balaban J connectivity index is 1.17. The smallest absolute Gasteiger partial charge is 0.160 e. The number of aromatic nitrogens is 4. The van der Waals surface area contributed by atoms with Crippen LogP contribution in [-0.4, -0.2) is 19.1 Å². The van der Waals surface area contributed by atoms with Gasteiger partial charge in [-0.3, -0.25) is 0 Å². The number of halogens is 2. The minimum absolute atomic E-state index is 0.561. The van der Waals surface area contributed by atoms with Crippen LogP contribution in [0.4, 0.5) is 8.78 Å². The number of nitrogens with zero attached hydrogens (tertiary/aromatic N) is 4. The minimum Gasteiger partial charge on any atom is -0.309 e. The molecule has 0 unspecified atom stereocenters. The molecule has 52 heavy (non-hydrogen) atoms. The standard InChI is InChI=1S/C46H28F2N4/c47-38-24-23-33(25-39(38)48)52-43-18-10-8-16-35(43)37-26-36-34-15-7-9-17-42(34)51(44(36)28-45(37)52)32-21-19-30(20-22-32)41-27-40(29-11-3-1-4-12-29)49-46(50-41)31-13-5-2-6-14-31/h1-28H. The molecule has 6 heteroatoms. The molecule has 10 rings (SSSR count). The Bertz CT molecular complexity index is 2910. The molecule has 0 bridgehead atoms. The van der Waals surface area contributed by atoms with Crippen molar-refractivity contribution in [3.8, 4) is 45.3 Å². The molecule has 0 saturated heterocycles. The van der Waals surface area contributed by atoms with Crippen LogP contribution >= 0.6 is 0 Å². The first-order valence-corrected chi connectivity index (χ1v) is 17.1. The van der Waals surface area contributed by atoms with E-state index in [-0.39, 0.29) is 0 Å². The fourth-order valence-electron chi connectivity index (χ4n) is 7.46. The molecule has 0 atom stereocenters. The second-order valence-electron chi connectivity index (χ2n) is 12.9. The largest absolute Gasteiger partial charge is 0.309 e. The predicted molar refractivity (Wildman–Crippen MR) is 207 cm³/mol. The topological polar surface area (TPSA) is 35.6 Å². The van der Waals surface area contributed by atoms with Gasteiger partial charge in [0, 0.05) is 55.7 Å². The van der Waals surface area contributed by atoms with E-state index in [1.54, 1.807) is 6.07 Å². The molecule has 0 fully saturated rings. The summed E-state index contributed by atoms with van der Waals surface area (Å²) >= 11 is 0. The van der Waals surface area contributed by atoms with Gasteiger partial charge in [0.2, 0.25) is 0 Å². The highest BCUT2D eigenvalue weighted by molar-refractivity contribution is 6.19. The van der Waals surface area contributed by atoms with Crippen molar-refractivity contribution in [2.45, 2.75) is 0 Å². The third-order valence-electron chi connectivity index (χ3n) is 9.88. The molecule has 0 N–H and O–H groups in total. The molecular weight excluding hydrogens is 647 g/mol. The molecule has 0 saturated carbocycles. The number of rotatable bonds is 5. The third kappa shape index (κ3) is 4.80. The first-order chi connectivity index (χ1) is 25.6. The van der Waals surface area contributed by atoms with Crippen LogP contribution in [0.1, 0.15) is 0 Å². The quantitative estimate of drug-likeness (QED) is 0.182. The Hall–Kier alpha value is -6.92. The van der Waals surface area contributed by atoms with E-state index in [1.165, 1.54) is 12.1 Å². The molecule has 0 radical (unpaired) electrons. The second kappa shape index (κ2) is 11.9. The van der Waals surface area contributed by atoms with E-state index >= 15 is 0 Å². The molecule has 4 nitrogen and oxygen atoms in total. The van der Waals surface area contributed by atoms with Crippen LogP contribution in [0, 0.1) is 11.6 Å². The van der Waals surface area contributed by atoms with Crippen molar-refractivity contribution in [3.63, 3.8) is 0 Å². The first kappa shape index (κ1) is 29.9. The maximum atomic E-state index is 14.6. The molecule has 0 amide bonds. The van der Waals surface area contributed by atoms with Crippen molar-refractivity contribution in [3.05, 3.63) is 181 Å². The first-order valence-electron chi connectivity index (χ1n) is 17.1. The van der Waals surface area contributed by atoms with E-state index in [1.807, 2.05) is 77.4 Å². The van der Waals surface area contributed by atoms with Gasteiger partial charge in [0.1, 0.15) is 0 Å². The number of fused-ring (bicyclic) bond motifs is 6. The summed E-state index contributed by atoms with van der Waals surface area (Å²) < 4.78 is 33.0. The zero-order valence-corrected chi connectivity index (χ0v) is 27.7. The summed E-state index contributed by atoms with van der Waals surface area (Å²) in [5, 5.41) is 4.32. The number of hydrogen-bond donors (Lipinski definition) is 0. The van der Waals surface area contributed by atoms with Crippen LogP contribution in [0.3, 0.4) is 0 Å². The van der Waals surface area contributed by atoms with E-state index in [0.29, 0.717) is 11.5 Å². The van der Waals surface area contributed by atoms with E-state index in [4.69, 9.17) is 9.97 Å². The fraction of sp³-hybridized carbons (Fsp3) is 0. The highest BCUT2D eigenvalue weighted by Crippen LogP contribution is 2.40. The van der Waals surface area contributed by atoms with Gasteiger partial charge in [0.05, 0.1) is 33.5 Å². The van der Waals surface area contributed by atoms with Crippen molar-refractivity contribution >= 4 is 43.6 Å². The van der Waals surface area contributed by atoms with Gasteiger partial charge in [0.15, 0.2) is 17.5 Å². The van der Waals surface area contributed by atoms with Gasteiger partial charge in [-0.15, -0.1) is 0 Å². The Morgan fingerprint density at radius 3 is 1.44 bits per heavy atom. The molecule has 3 aromatic heterocycles. The van der Waals surface area contributed by atoms with Gasteiger partial charge in [0.25, 0.3) is 0 Å². The molecule has 3 heterocycles. The van der Waals surface area contributed by atoms with Gasteiger partial charge >= 0.3 is 0 Å². The third-order valence-corrected chi connectivity index (χ3v) is 9.88. The van der Waals surface area contributed by atoms with Gasteiger partial charge in [-0.05, 0) is 54.6 Å². The zero-order valence-electron chi connectivity index (χ0n) is 27.7. The van der Waals surface area contributed by atoms with Gasteiger partial charge in [-0.2, -0.15) is 0 Å². The number of benzene rings is 7. The molecule has 0 aliphatic rings. The summed E-state index contributed by atoms with van der Waals surface area (Å²) in [6.45, 7) is 0. The van der Waals surface area contributed by atoms with E-state index in [2.05, 4.69) is 83.4 Å². The van der Waals surface area contributed by atoms with Crippen molar-refractivity contribution < 1.29 is 8.78 Å². The Morgan fingerprint density at radius 1 is 0.346 bits per heavy atom. The number of hydrogen-bond acceptors (Lipinski definition) is 2. The summed E-state index contributed by atoms with van der Waals surface area (Å²) in [5.74, 6) is -1.08. The zero-order chi connectivity index (χ0) is 34.8. The number of para-hydroxylation sites is 2. The van der Waals surface area contributed by atoms with Crippen LogP contribution in [0.25, 0.3) is 88.9 Å². The highest BCUT2D eigenvalue weighted by Gasteiger charge is 2.19. The van der Waals surface area contributed by atoms with Crippen LogP contribution in [0.5, 0.6) is 0 Å². The maximum Gasteiger partial charge on any atom is 0.160 e. The van der Waals surface area contributed by atoms with Crippen molar-refractivity contribution in [1.29, 1.82) is 0 Å².